The quantitative estimate of drug-likeness (QED) is 0.688. The number of benzene rings is 2. The van der Waals surface area contributed by atoms with E-state index in [9.17, 15) is 13.2 Å². The van der Waals surface area contributed by atoms with E-state index >= 15 is 0 Å². The normalized spacial score (nSPS) is 12.7. The van der Waals surface area contributed by atoms with Crippen LogP contribution in [0.4, 0.5) is 0 Å². The number of nitrogens with zero attached hydrogens (tertiary/aromatic N) is 1. The largest absolute Gasteiger partial charge is 0.495 e. The number of amides is 1. The Labute approximate surface area is 180 Å². The van der Waals surface area contributed by atoms with Crippen molar-refractivity contribution in [2.45, 2.75) is 52.5 Å². The summed E-state index contributed by atoms with van der Waals surface area (Å²) in [7, 11) is -2.45. The Hall–Kier alpha value is -2.38. The van der Waals surface area contributed by atoms with E-state index in [-0.39, 0.29) is 35.7 Å². The first kappa shape index (κ1) is 23.9. The van der Waals surface area contributed by atoms with Gasteiger partial charge in [-0.05, 0) is 74.6 Å². The average molecular weight is 433 g/mol. The first-order valence-corrected chi connectivity index (χ1v) is 11.5. The third-order valence-electron chi connectivity index (χ3n) is 5.34. The average Bonchev–Trinajstić information content (AvgIpc) is 2.68. The van der Waals surface area contributed by atoms with Gasteiger partial charge in [-0.25, -0.2) is 8.42 Å². The van der Waals surface area contributed by atoms with Crippen molar-refractivity contribution >= 4 is 15.9 Å². The zero-order valence-corrected chi connectivity index (χ0v) is 19.7. The van der Waals surface area contributed by atoms with Crippen LogP contribution in [0.25, 0.3) is 0 Å². The van der Waals surface area contributed by atoms with Gasteiger partial charge in [0.2, 0.25) is 15.9 Å². The molecule has 0 fully saturated rings. The Bertz CT molecular complexity index is 1030. The van der Waals surface area contributed by atoms with E-state index < -0.39 is 10.0 Å². The summed E-state index contributed by atoms with van der Waals surface area (Å²) in [6.07, 6.45) is 0. The van der Waals surface area contributed by atoms with Crippen LogP contribution in [0.5, 0.6) is 5.75 Å². The lowest BCUT2D eigenvalue weighted by atomic mass is 9.96. The number of sulfonamides is 1. The van der Waals surface area contributed by atoms with Crippen LogP contribution >= 0.6 is 0 Å². The number of nitrogens with one attached hydrogen (secondary N) is 1. The molecule has 2 aromatic rings. The fourth-order valence-electron chi connectivity index (χ4n) is 3.47. The number of aryl methyl sites for hydroxylation is 4. The van der Waals surface area contributed by atoms with Gasteiger partial charge < -0.3 is 10.1 Å². The van der Waals surface area contributed by atoms with Crippen LogP contribution in [0.2, 0.25) is 0 Å². The fourth-order valence-corrected chi connectivity index (χ4v) is 5.11. The minimum absolute atomic E-state index is 0.0673. The molecule has 0 aliphatic carbocycles. The van der Waals surface area contributed by atoms with Gasteiger partial charge in [0.25, 0.3) is 0 Å². The van der Waals surface area contributed by atoms with Crippen molar-refractivity contribution in [2.75, 3.05) is 20.2 Å². The molecular formula is C23H32N2O4S. The maximum absolute atomic E-state index is 13.2. The van der Waals surface area contributed by atoms with Crippen molar-refractivity contribution in [3.05, 3.63) is 58.1 Å². The van der Waals surface area contributed by atoms with Crippen molar-refractivity contribution in [3.63, 3.8) is 0 Å². The predicted molar refractivity (Wildman–Crippen MR) is 119 cm³/mol. The maximum atomic E-state index is 13.2. The molecule has 6 nitrogen and oxygen atoms in total. The van der Waals surface area contributed by atoms with Crippen LogP contribution in [0, 0.1) is 27.7 Å². The van der Waals surface area contributed by atoms with Crippen molar-refractivity contribution in [1.82, 2.24) is 9.62 Å². The molecule has 0 spiro atoms. The van der Waals surface area contributed by atoms with E-state index in [1.807, 2.05) is 27.7 Å². The summed E-state index contributed by atoms with van der Waals surface area (Å²) in [6, 6.07) is 8.92. The molecule has 1 N–H and O–H groups in total. The van der Waals surface area contributed by atoms with Crippen molar-refractivity contribution < 1.29 is 17.9 Å². The Balaban J connectivity index is 2.22. The van der Waals surface area contributed by atoms with Gasteiger partial charge in [0.15, 0.2) is 0 Å². The van der Waals surface area contributed by atoms with Crippen LogP contribution in [-0.4, -0.2) is 38.8 Å². The number of hydrogen-bond acceptors (Lipinski definition) is 4. The minimum atomic E-state index is -3.88. The highest BCUT2D eigenvalue weighted by Crippen LogP contribution is 2.28. The fraction of sp³-hybridized carbons (Fsp3) is 0.435. The summed E-state index contributed by atoms with van der Waals surface area (Å²) in [5, 5.41) is 2.94. The molecule has 0 aromatic heterocycles. The van der Waals surface area contributed by atoms with Gasteiger partial charge in [-0.1, -0.05) is 25.1 Å². The summed E-state index contributed by atoms with van der Waals surface area (Å²) in [6.45, 7) is 11.4. The van der Waals surface area contributed by atoms with E-state index in [0.29, 0.717) is 0 Å². The highest BCUT2D eigenvalue weighted by molar-refractivity contribution is 7.89. The summed E-state index contributed by atoms with van der Waals surface area (Å²) >= 11 is 0. The van der Waals surface area contributed by atoms with Crippen LogP contribution in [0.3, 0.4) is 0 Å². The van der Waals surface area contributed by atoms with Crippen LogP contribution < -0.4 is 10.1 Å². The first-order chi connectivity index (χ1) is 14.0. The lowest BCUT2D eigenvalue weighted by molar-refractivity contribution is -0.121. The number of likely N-dealkylation sites (N-methyl/N-ethyl adjacent to an activating group) is 1. The van der Waals surface area contributed by atoms with Gasteiger partial charge in [0.05, 0.1) is 19.7 Å². The molecule has 0 unspecified atom stereocenters. The van der Waals surface area contributed by atoms with E-state index in [2.05, 4.69) is 24.4 Å². The van der Waals surface area contributed by atoms with Crippen molar-refractivity contribution in [2.24, 2.45) is 0 Å². The van der Waals surface area contributed by atoms with E-state index in [4.69, 9.17) is 4.74 Å². The summed E-state index contributed by atoms with van der Waals surface area (Å²) in [5.74, 6) is -0.0873. The smallest absolute Gasteiger partial charge is 0.247 e. The van der Waals surface area contributed by atoms with Gasteiger partial charge >= 0.3 is 0 Å². The topological polar surface area (TPSA) is 75.7 Å². The zero-order valence-electron chi connectivity index (χ0n) is 18.9. The molecule has 0 bridgehead atoms. The molecular weight excluding hydrogens is 400 g/mol. The Morgan fingerprint density at radius 1 is 1.07 bits per heavy atom. The first-order valence-electron chi connectivity index (χ1n) is 10.0. The number of ether oxygens (including phenoxy) is 1. The molecule has 0 aliphatic heterocycles. The van der Waals surface area contributed by atoms with Crippen LogP contribution in [0.15, 0.2) is 35.2 Å². The molecule has 0 saturated heterocycles. The van der Waals surface area contributed by atoms with Gasteiger partial charge in [-0.15, -0.1) is 0 Å². The van der Waals surface area contributed by atoms with E-state index in [1.165, 1.54) is 17.0 Å². The van der Waals surface area contributed by atoms with Crippen molar-refractivity contribution in [3.8, 4) is 5.75 Å². The second-order valence-electron chi connectivity index (χ2n) is 7.67. The molecule has 1 atom stereocenters. The third kappa shape index (κ3) is 5.21. The Kier molecular flexibility index (Phi) is 7.66. The molecule has 2 rings (SSSR count). The van der Waals surface area contributed by atoms with Gasteiger partial charge in [-0.3, -0.25) is 4.79 Å². The van der Waals surface area contributed by atoms with Crippen LogP contribution in [0.1, 0.15) is 47.7 Å². The van der Waals surface area contributed by atoms with Gasteiger partial charge in [0, 0.05) is 6.54 Å². The molecule has 0 radical (unpaired) electrons. The third-order valence-corrected chi connectivity index (χ3v) is 7.28. The molecule has 0 heterocycles. The lowest BCUT2D eigenvalue weighted by Gasteiger charge is -2.23. The summed E-state index contributed by atoms with van der Waals surface area (Å²) < 4.78 is 32.8. The van der Waals surface area contributed by atoms with Gasteiger partial charge in [-0.2, -0.15) is 4.31 Å². The number of carbonyl (C=O) groups is 1. The molecule has 7 heteroatoms. The second-order valence-corrected chi connectivity index (χ2v) is 9.57. The van der Waals surface area contributed by atoms with Crippen molar-refractivity contribution in [1.29, 1.82) is 0 Å². The molecule has 164 valence electrons. The van der Waals surface area contributed by atoms with Gasteiger partial charge in [0.1, 0.15) is 10.6 Å². The predicted octanol–water partition coefficient (Wildman–Crippen LogP) is 3.82. The molecule has 30 heavy (non-hydrogen) atoms. The van der Waals surface area contributed by atoms with E-state index in [1.54, 1.807) is 25.1 Å². The SMILES string of the molecule is CCN(CC(=O)N[C@H](C)c1cc(C)c(C)cc1C)S(=O)(=O)c1cc(C)ccc1OC. The molecule has 0 aliphatic rings. The number of rotatable bonds is 8. The second kappa shape index (κ2) is 9.62. The van der Waals surface area contributed by atoms with E-state index in [0.717, 1.165) is 22.3 Å². The highest BCUT2D eigenvalue weighted by atomic mass is 32.2. The van der Waals surface area contributed by atoms with Crippen LogP contribution in [-0.2, 0) is 14.8 Å². The monoisotopic (exact) mass is 432 g/mol. The molecule has 0 saturated carbocycles. The number of carbonyl (C=O) groups excluding carboxylic acids is 1. The maximum Gasteiger partial charge on any atom is 0.247 e. The number of methoxy groups -OCH3 is 1. The minimum Gasteiger partial charge on any atom is -0.495 e. The zero-order chi connectivity index (χ0) is 22.6. The Morgan fingerprint density at radius 2 is 1.70 bits per heavy atom. The summed E-state index contributed by atoms with van der Waals surface area (Å²) in [5.41, 5.74) is 5.27. The molecule has 1 amide bonds. The number of hydrogen-bond donors (Lipinski definition) is 1. The Morgan fingerprint density at radius 3 is 2.30 bits per heavy atom. The summed E-state index contributed by atoms with van der Waals surface area (Å²) in [4.78, 5) is 12.8. The standard InChI is InChI=1S/C23H32N2O4S/c1-8-25(30(27,28)22-11-15(2)9-10-21(22)29-7)14-23(26)24-19(6)20-13-17(4)16(3)12-18(20)5/h9-13,19H,8,14H2,1-7H3,(H,24,26)/t19-/m1/s1. The highest BCUT2D eigenvalue weighted by Gasteiger charge is 2.29. The molecule has 2 aromatic carbocycles. The lowest BCUT2D eigenvalue weighted by Crippen LogP contribution is -2.41.